The quantitative estimate of drug-likeness (QED) is 0.864. The largest absolute Gasteiger partial charge is 0.473 e. The number of hydrogen-bond donors (Lipinski definition) is 1. The second-order valence-electron chi connectivity index (χ2n) is 4.39. The first-order valence-corrected chi connectivity index (χ1v) is 7.19. The summed E-state index contributed by atoms with van der Waals surface area (Å²) in [5.41, 5.74) is 6.27. The number of pyridine rings is 1. The molecule has 0 spiro atoms. The Hall–Kier alpha value is -1.46. The Labute approximate surface area is 131 Å². The lowest BCUT2D eigenvalue weighted by Gasteiger charge is -2.13. The van der Waals surface area contributed by atoms with Crippen molar-refractivity contribution in [3.05, 3.63) is 39.8 Å². The van der Waals surface area contributed by atoms with Crippen molar-refractivity contribution in [1.29, 1.82) is 0 Å². The predicted octanol–water partition coefficient (Wildman–Crippen LogP) is 4.66. The van der Waals surface area contributed by atoms with E-state index < -0.39 is 0 Å². The summed E-state index contributed by atoms with van der Waals surface area (Å²) in [6.07, 6.45) is -0.0190. The Kier molecular flexibility index (Phi) is 4.73. The van der Waals surface area contributed by atoms with Gasteiger partial charge >= 0.3 is 0 Å². The average molecular weight is 358 g/mol. The lowest BCUT2D eigenvalue weighted by atomic mass is 10.3. The second kappa shape index (κ2) is 6.33. The summed E-state index contributed by atoms with van der Waals surface area (Å²) in [5, 5.41) is 0.498. The summed E-state index contributed by atoms with van der Waals surface area (Å²) in [6.45, 7) is 3.81. The summed E-state index contributed by atoms with van der Waals surface area (Å²) < 4.78 is 12.0. The van der Waals surface area contributed by atoms with E-state index in [1.54, 1.807) is 24.3 Å². The topological polar surface area (TPSA) is 57.4 Å². The molecule has 4 nitrogen and oxygen atoms in total. The first-order chi connectivity index (χ1) is 9.45. The van der Waals surface area contributed by atoms with Crippen molar-refractivity contribution in [2.24, 2.45) is 0 Å². The van der Waals surface area contributed by atoms with Crippen LogP contribution in [0.4, 0.5) is 5.69 Å². The molecule has 0 amide bonds. The Morgan fingerprint density at radius 1 is 1.25 bits per heavy atom. The zero-order valence-electron chi connectivity index (χ0n) is 11.1. The Balaban J connectivity index is 2.27. The van der Waals surface area contributed by atoms with E-state index >= 15 is 0 Å². The molecule has 0 unspecified atom stereocenters. The van der Waals surface area contributed by atoms with Crippen LogP contribution in [0.1, 0.15) is 13.8 Å². The maximum atomic E-state index is 6.07. The Morgan fingerprint density at radius 2 is 2.00 bits per heavy atom. The van der Waals surface area contributed by atoms with E-state index in [0.717, 1.165) is 4.47 Å². The number of nitrogen functional groups attached to an aromatic ring is 1. The first-order valence-electron chi connectivity index (χ1n) is 6.02. The molecule has 1 aromatic carbocycles. The fraction of sp³-hybridized carbons (Fsp3) is 0.214. The van der Waals surface area contributed by atoms with E-state index in [1.807, 2.05) is 19.9 Å². The number of halogens is 2. The highest BCUT2D eigenvalue weighted by molar-refractivity contribution is 9.10. The molecule has 0 bridgehead atoms. The summed E-state index contributed by atoms with van der Waals surface area (Å²) in [4.78, 5) is 4.24. The van der Waals surface area contributed by atoms with Gasteiger partial charge in [0.25, 0.3) is 0 Å². The maximum absolute atomic E-state index is 6.07. The van der Waals surface area contributed by atoms with Gasteiger partial charge in [0.1, 0.15) is 5.75 Å². The fourth-order valence-electron chi connectivity index (χ4n) is 1.48. The molecule has 2 rings (SSSR count). The summed E-state index contributed by atoms with van der Waals surface area (Å²) in [7, 11) is 0. The molecule has 1 heterocycles. The number of hydrogen-bond acceptors (Lipinski definition) is 4. The summed E-state index contributed by atoms with van der Waals surface area (Å²) in [6, 6.07) is 8.69. The fourth-order valence-corrected chi connectivity index (χ4v) is 1.97. The van der Waals surface area contributed by atoms with Crippen LogP contribution in [0.3, 0.4) is 0 Å². The van der Waals surface area contributed by atoms with Crippen LogP contribution < -0.4 is 15.2 Å². The molecule has 20 heavy (non-hydrogen) atoms. The molecule has 2 aromatic rings. The van der Waals surface area contributed by atoms with E-state index in [0.29, 0.717) is 28.2 Å². The standard InChI is InChI=1S/C14H14BrClN2O2/c1-8(2)19-14-11(17)5-6-13(18-14)20-12-7-9(15)3-4-10(12)16/h3-8H,17H2,1-2H3. The second-order valence-corrected chi connectivity index (χ2v) is 5.71. The third-order valence-electron chi connectivity index (χ3n) is 2.32. The molecule has 6 heteroatoms. The van der Waals surface area contributed by atoms with Crippen molar-refractivity contribution in [1.82, 2.24) is 4.98 Å². The molecular formula is C14H14BrClN2O2. The number of rotatable bonds is 4. The lowest BCUT2D eigenvalue weighted by Crippen LogP contribution is -2.09. The van der Waals surface area contributed by atoms with Crippen molar-refractivity contribution >= 4 is 33.2 Å². The van der Waals surface area contributed by atoms with E-state index in [-0.39, 0.29) is 6.10 Å². The molecule has 0 aliphatic carbocycles. The minimum absolute atomic E-state index is 0.0190. The van der Waals surface area contributed by atoms with Crippen molar-refractivity contribution in [3.63, 3.8) is 0 Å². The van der Waals surface area contributed by atoms with Gasteiger partial charge in [-0.25, -0.2) is 0 Å². The van der Waals surface area contributed by atoms with Gasteiger partial charge in [0.05, 0.1) is 16.8 Å². The molecule has 0 saturated carbocycles. The number of benzene rings is 1. The predicted molar refractivity (Wildman–Crippen MR) is 83.6 cm³/mol. The van der Waals surface area contributed by atoms with Crippen LogP contribution in [0.5, 0.6) is 17.5 Å². The van der Waals surface area contributed by atoms with Crippen LogP contribution >= 0.6 is 27.5 Å². The molecule has 0 saturated heterocycles. The van der Waals surface area contributed by atoms with Crippen LogP contribution in [0, 0.1) is 0 Å². The van der Waals surface area contributed by atoms with Crippen LogP contribution in [0.25, 0.3) is 0 Å². The zero-order valence-corrected chi connectivity index (χ0v) is 13.4. The average Bonchev–Trinajstić information content (AvgIpc) is 2.37. The first kappa shape index (κ1) is 14.9. The van der Waals surface area contributed by atoms with Gasteiger partial charge in [-0.1, -0.05) is 27.5 Å². The summed E-state index contributed by atoms with van der Waals surface area (Å²) >= 11 is 9.44. The van der Waals surface area contributed by atoms with Gasteiger partial charge in [0.15, 0.2) is 0 Å². The summed E-state index contributed by atoms with van der Waals surface area (Å²) in [5.74, 6) is 1.23. The smallest absolute Gasteiger partial charge is 0.240 e. The molecular weight excluding hydrogens is 344 g/mol. The number of nitrogens with two attached hydrogens (primary N) is 1. The number of aromatic nitrogens is 1. The third-order valence-corrected chi connectivity index (χ3v) is 3.12. The minimum atomic E-state index is -0.0190. The van der Waals surface area contributed by atoms with Gasteiger partial charge in [-0.15, -0.1) is 0 Å². The van der Waals surface area contributed by atoms with Crippen molar-refractivity contribution < 1.29 is 9.47 Å². The number of ether oxygens (including phenoxy) is 2. The molecule has 0 aliphatic rings. The molecule has 0 radical (unpaired) electrons. The van der Waals surface area contributed by atoms with Gasteiger partial charge in [0, 0.05) is 10.5 Å². The van der Waals surface area contributed by atoms with Gasteiger partial charge < -0.3 is 15.2 Å². The highest BCUT2D eigenvalue weighted by atomic mass is 79.9. The van der Waals surface area contributed by atoms with Crippen LogP contribution in [-0.2, 0) is 0 Å². The van der Waals surface area contributed by atoms with Gasteiger partial charge in [0.2, 0.25) is 11.8 Å². The highest BCUT2D eigenvalue weighted by Gasteiger charge is 2.10. The van der Waals surface area contributed by atoms with Crippen LogP contribution in [0.15, 0.2) is 34.8 Å². The molecule has 0 aliphatic heterocycles. The van der Waals surface area contributed by atoms with Gasteiger partial charge in [-0.3, -0.25) is 0 Å². The van der Waals surface area contributed by atoms with E-state index in [1.165, 1.54) is 0 Å². The minimum Gasteiger partial charge on any atom is -0.473 e. The molecule has 2 N–H and O–H groups in total. The van der Waals surface area contributed by atoms with E-state index in [2.05, 4.69) is 20.9 Å². The van der Waals surface area contributed by atoms with E-state index in [9.17, 15) is 0 Å². The third kappa shape index (κ3) is 3.77. The maximum Gasteiger partial charge on any atom is 0.240 e. The van der Waals surface area contributed by atoms with E-state index in [4.69, 9.17) is 26.8 Å². The van der Waals surface area contributed by atoms with Crippen molar-refractivity contribution in [2.45, 2.75) is 20.0 Å². The molecule has 1 aromatic heterocycles. The Morgan fingerprint density at radius 3 is 2.70 bits per heavy atom. The molecule has 0 atom stereocenters. The normalized spacial score (nSPS) is 10.7. The van der Waals surface area contributed by atoms with Gasteiger partial charge in [-0.2, -0.15) is 4.98 Å². The van der Waals surface area contributed by atoms with Crippen LogP contribution in [0.2, 0.25) is 5.02 Å². The van der Waals surface area contributed by atoms with Crippen molar-refractivity contribution in [2.75, 3.05) is 5.73 Å². The highest BCUT2D eigenvalue weighted by Crippen LogP contribution is 2.33. The molecule has 106 valence electrons. The molecule has 0 fully saturated rings. The van der Waals surface area contributed by atoms with Crippen molar-refractivity contribution in [3.8, 4) is 17.5 Å². The SMILES string of the molecule is CC(C)Oc1nc(Oc2cc(Br)ccc2Cl)ccc1N. The number of nitrogens with zero attached hydrogens (tertiary/aromatic N) is 1. The lowest BCUT2D eigenvalue weighted by molar-refractivity contribution is 0.232. The van der Waals surface area contributed by atoms with Crippen LogP contribution in [-0.4, -0.2) is 11.1 Å². The zero-order chi connectivity index (χ0) is 14.7. The monoisotopic (exact) mass is 356 g/mol. The number of anilines is 1. The Bertz CT molecular complexity index is 620. The van der Waals surface area contributed by atoms with Gasteiger partial charge in [-0.05, 0) is 38.1 Å².